The smallest absolute Gasteiger partial charge is 0.387 e. The highest BCUT2D eigenvalue weighted by Crippen LogP contribution is 2.30. The summed E-state index contributed by atoms with van der Waals surface area (Å²) in [6.45, 7) is 0.830. The third kappa shape index (κ3) is 6.16. The van der Waals surface area contributed by atoms with Crippen LogP contribution in [0.4, 0.5) is 8.78 Å². The Hall–Kier alpha value is -3.17. The molecule has 0 fully saturated rings. The number of hydrogen-bond donors (Lipinski definition) is 2. The van der Waals surface area contributed by atoms with Gasteiger partial charge in [0.15, 0.2) is 11.5 Å². The van der Waals surface area contributed by atoms with Gasteiger partial charge in [-0.1, -0.05) is 6.07 Å². The number of rotatable bonds is 9. The lowest BCUT2D eigenvalue weighted by atomic mass is 10.1. The summed E-state index contributed by atoms with van der Waals surface area (Å²) in [7, 11) is 1.59. The van der Waals surface area contributed by atoms with Crippen LogP contribution in [0.5, 0.6) is 11.5 Å². The highest BCUT2D eigenvalue weighted by atomic mass is 19.3. The second-order valence-electron chi connectivity index (χ2n) is 6.35. The van der Waals surface area contributed by atoms with Gasteiger partial charge in [-0.15, -0.1) is 0 Å². The minimum Gasteiger partial charge on any atom is -0.490 e. The maximum absolute atomic E-state index is 12.5. The van der Waals surface area contributed by atoms with Crippen LogP contribution in [0.25, 0.3) is 0 Å². The minimum atomic E-state index is -2.97. The average molecular weight is 411 g/mol. The predicted octanol–water partition coefficient (Wildman–Crippen LogP) is 1.96. The summed E-state index contributed by atoms with van der Waals surface area (Å²) in [6, 6.07) is 4.48. The molecule has 0 aliphatic heterocycles. The summed E-state index contributed by atoms with van der Waals surface area (Å²) < 4.78 is 34.7. The van der Waals surface area contributed by atoms with E-state index in [-0.39, 0.29) is 43.4 Å². The molecule has 0 unspecified atom stereocenters. The molecule has 29 heavy (non-hydrogen) atoms. The Kier molecular flexibility index (Phi) is 7.52. The number of carbonyl (C=O) groups is 1. The third-order valence-corrected chi connectivity index (χ3v) is 4.21. The average Bonchev–Trinajstić information content (AvgIpc) is 2.62. The van der Waals surface area contributed by atoms with Crippen LogP contribution in [0, 0.1) is 6.92 Å². The standard InChI is InChI=1S/C19H23F2N3O5/c1-4-28-15-9-12(5-7-14(15)29-18(20)21)10-24(3)16(25)8-6-13-11(2)22-19(27)23-17(13)26/h5,7,9,18H,4,6,8,10H2,1-3H3,(H2,22,23,26,27). The Bertz CT molecular complexity index is 971. The number of benzene rings is 1. The summed E-state index contributed by atoms with van der Waals surface area (Å²) >= 11 is 0. The molecule has 0 saturated heterocycles. The monoisotopic (exact) mass is 411 g/mol. The van der Waals surface area contributed by atoms with E-state index in [9.17, 15) is 23.2 Å². The number of nitrogens with one attached hydrogen (secondary N) is 2. The summed E-state index contributed by atoms with van der Waals surface area (Å²) in [5, 5.41) is 0. The molecule has 158 valence electrons. The largest absolute Gasteiger partial charge is 0.490 e. The molecule has 0 aliphatic carbocycles. The number of ether oxygens (including phenoxy) is 2. The Morgan fingerprint density at radius 3 is 2.55 bits per heavy atom. The van der Waals surface area contributed by atoms with Gasteiger partial charge < -0.3 is 19.4 Å². The third-order valence-electron chi connectivity index (χ3n) is 4.21. The van der Waals surface area contributed by atoms with Crippen molar-refractivity contribution in [1.82, 2.24) is 14.9 Å². The van der Waals surface area contributed by atoms with Gasteiger partial charge in [-0.25, -0.2) is 4.79 Å². The van der Waals surface area contributed by atoms with Gasteiger partial charge in [0.05, 0.1) is 6.61 Å². The molecule has 8 nitrogen and oxygen atoms in total. The van der Waals surface area contributed by atoms with Crippen LogP contribution < -0.4 is 20.7 Å². The maximum atomic E-state index is 12.5. The fourth-order valence-electron chi connectivity index (χ4n) is 2.82. The zero-order chi connectivity index (χ0) is 21.6. The number of H-pyrrole nitrogens is 2. The molecule has 1 aromatic carbocycles. The lowest BCUT2D eigenvalue weighted by Gasteiger charge is -2.19. The quantitative estimate of drug-likeness (QED) is 0.657. The van der Waals surface area contributed by atoms with Crippen LogP contribution in [-0.2, 0) is 17.8 Å². The van der Waals surface area contributed by atoms with E-state index < -0.39 is 17.9 Å². The number of hydrogen-bond acceptors (Lipinski definition) is 5. The molecule has 0 atom stereocenters. The number of aryl methyl sites for hydroxylation is 1. The van der Waals surface area contributed by atoms with E-state index in [2.05, 4.69) is 14.7 Å². The summed E-state index contributed by atoms with van der Waals surface area (Å²) in [6.07, 6.45) is 0.240. The van der Waals surface area contributed by atoms with E-state index >= 15 is 0 Å². The lowest BCUT2D eigenvalue weighted by Crippen LogP contribution is -2.30. The summed E-state index contributed by atoms with van der Waals surface area (Å²) in [5.74, 6) is -0.130. The first-order valence-corrected chi connectivity index (χ1v) is 8.97. The number of halogens is 2. The first kappa shape index (κ1) is 22.1. The maximum Gasteiger partial charge on any atom is 0.387 e. The molecule has 2 rings (SSSR count). The molecular formula is C19H23F2N3O5. The molecule has 0 aliphatic rings. The van der Waals surface area contributed by atoms with Crippen molar-refractivity contribution in [2.75, 3.05) is 13.7 Å². The molecule has 2 N–H and O–H groups in total. The van der Waals surface area contributed by atoms with Crippen LogP contribution >= 0.6 is 0 Å². The lowest BCUT2D eigenvalue weighted by molar-refractivity contribution is -0.130. The zero-order valence-corrected chi connectivity index (χ0v) is 16.4. The first-order valence-electron chi connectivity index (χ1n) is 8.97. The van der Waals surface area contributed by atoms with Crippen molar-refractivity contribution in [3.05, 3.63) is 55.9 Å². The molecular weight excluding hydrogens is 388 g/mol. The zero-order valence-electron chi connectivity index (χ0n) is 16.4. The van der Waals surface area contributed by atoms with Gasteiger partial charge in [0.2, 0.25) is 5.91 Å². The highest BCUT2D eigenvalue weighted by Gasteiger charge is 2.15. The highest BCUT2D eigenvalue weighted by molar-refractivity contribution is 5.76. The summed E-state index contributed by atoms with van der Waals surface area (Å²) in [4.78, 5) is 41.6. The second kappa shape index (κ2) is 9.85. The SMILES string of the molecule is CCOc1cc(CN(C)C(=O)CCc2c(C)[nH]c(=O)[nH]c2=O)ccc1OC(F)F. The van der Waals surface area contributed by atoms with Crippen LogP contribution in [0.15, 0.2) is 27.8 Å². The normalized spacial score (nSPS) is 10.8. The van der Waals surface area contributed by atoms with Crippen molar-refractivity contribution in [3.8, 4) is 11.5 Å². The van der Waals surface area contributed by atoms with E-state index in [0.29, 0.717) is 16.8 Å². The van der Waals surface area contributed by atoms with E-state index in [1.807, 2.05) is 0 Å². The number of amides is 1. The number of carbonyl (C=O) groups excluding carboxylic acids is 1. The van der Waals surface area contributed by atoms with Crippen molar-refractivity contribution in [2.45, 2.75) is 39.8 Å². The van der Waals surface area contributed by atoms with Crippen molar-refractivity contribution in [2.24, 2.45) is 0 Å². The fraction of sp³-hybridized carbons (Fsp3) is 0.421. The predicted molar refractivity (Wildman–Crippen MR) is 101 cm³/mol. The van der Waals surface area contributed by atoms with Crippen molar-refractivity contribution >= 4 is 5.91 Å². The van der Waals surface area contributed by atoms with Crippen LogP contribution in [0.1, 0.15) is 30.2 Å². The Labute approximate surface area is 165 Å². The molecule has 1 amide bonds. The number of nitrogens with zero attached hydrogens (tertiary/aromatic N) is 1. The molecule has 0 bridgehead atoms. The Morgan fingerprint density at radius 1 is 1.21 bits per heavy atom. The number of aromatic amines is 2. The molecule has 10 heteroatoms. The molecule has 0 saturated carbocycles. The van der Waals surface area contributed by atoms with Crippen LogP contribution in [0.3, 0.4) is 0 Å². The van der Waals surface area contributed by atoms with Gasteiger partial charge in [0, 0.05) is 31.3 Å². The Morgan fingerprint density at radius 2 is 1.93 bits per heavy atom. The van der Waals surface area contributed by atoms with E-state index in [4.69, 9.17) is 4.74 Å². The molecule has 0 radical (unpaired) electrons. The van der Waals surface area contributed by atoms with E-state index in [1.54, 1.807) is 33.0 Å². The van der Waals surface area contributed by atoms with Gasteiger partial charge in [-0.3, -0.25) is 14.6 Å². The van der Waals surface area contributed by atoms with Gasteiger partial charge in [0.1, 0.15) is 0 Å². The van der Waals surface area contributed by atoms with Crippen molar-refractivity contribution in [3.63, 3.8) is 0 Å². The van der Waals surface area contributed by atoms with E-state index in [0.717, 1.165) is 0 Å². The number of aromatic nitrogens is 2. The topological polar surface area (TPSA) is 104 Å². The van der Waals surface area contributed by atoms with Crippen LogP contribution in [0.2, 0.25) is 0 Å². The Balaban J connectivity index is 2.04. The molecule has 2 aromatic rings. The number of alkyl halides is 2. The molecule has 1 aromatic heterocycles. The van der Waals surface area contributed by atoms with Crippen LogP contribution in [-0.4, -0.2) is 41.0 Å². The fourth-order valence-corrected chi connectivity index (χ4v) is 2.82. The van der Waals surface area contributed by atoms with E-state index in [1.165, 1.54) is 11.0 Å². The second-order valence-corrected chi connectivity index (χ2v) is 6.35. The summed E-state index contributed by atoms with van der Waals surface area (Å²) in [5.41, 5.74) is 0.328. The van der Waals surface area contributed by atoms with Gasteiger partial charge in [-0.2, -0.15) is 8.78 Å². The molecule has 0 spiro atoms. The van der Waals surface area contributed by atoms with Gasteiger partial charge in [0.25, 0.3) is 5.56 Å². The van der Waals surface area contributed by atoms with Crippen molar-refractivity contribution < 1.29 is 23.0 Å². The minimum absolute atomic E-state index is 0.0668. The first-order chi connectivity index (χ1) is 13.7. The van der Waals surface area contributed by atoms with Gasteiger partial charge >= 0.3 is 12.3 Å². The molecule has 1 heterocycles. The van der Waals surface area contributed by atoms with Gasteiger partial charge in [-0.05, 0) is 38.0 Å². The van der Waals surface area contributed by atoms with Crippen molar-refractivity contribution in [1.29, 1.82) is 0 Å².